The normalized spacial score (nSPS) is 20.1. The Bertz CT molecular complexity index is 724. The van der Waals surface area contributed by atoms with E-state index in [9.17, 15) is 9.59 Å². The van der Waals surface area contributed by atoms with Gasteiger partial charge in [0, 0.05) is 32.2 Å². The lowest BCUT2D eigenvalue weighted by Gasteiger charge is -2.33. The fourth-order valence-electron chi connectivity index (χ4n) is 3.71. The summed E-state index contributed by atoms with van der Waals surface area (Å²) >= 11 is 1.62. The average molecular weight is 436 g/mol. The van der Waals surface area contributed by atoms with E-state index in [-0.39, 0.29) is 24.0 Å². The zero-order valence-corrected chi connectivity index (χ0v) is 18.8. The summed E-state index contributed by atoms with van der Waals surface area (Å²) in [6.45, 7) is 6.83. The molecule has 1 amide bonds. The predicted molar refractivity (Wildman–Crippen MR) is 118 cm³/mol. The Morgan fingerprint density at radius 3 is 2.80 bits per heavy atom. The number of rotatable bonds is 8. The third kappa shape index (κ3) is 6.35. The van der Waals surface area contributed by atoms with Crippen molar-refractivity contribution >= 4 is 29.5 Å². The number of amides is 1. The number of carbonyl (C=O) groups excluding carboxylic acids is 2. The van der Waals surface area contributed by atoms with Gasteiger partial charge in [0.25, 0.3) is 5.91 Å². The SMILES string of the molecule is CCCSc1nc(N2CCC[C@H](OC(=O)CC)C2)ccc1C(=O)NC1CCOCC1. The Morgan fingerprint density at radius 2 is 2.07 bits per heavy atom. The number of anilines is 1. The molecule has 2 fully saturated rings. The van der Waals surface area contributed by atoms with Gasteiger partial charge in [-0.1, -0.05) is 13.8 Å². The number of nitrogens with zero attached hydrogens (tertiary/aromatic N) is 2. The van der Waals surface area contributed by atoms with Crippen molar-refractivity contribution < 1.29 is 19.1 Å². The van der Waals surface area contributed by atoms with Gasteiger partial charge in [0.1, 0.15) is 16.9 Å². The van der Waals surface area contributed by atoms with Crippen LogP contribution in [0.3, 0.4) is 0 Å². The number of ether oxygens (including phenoxy) is 2. The van der Waals surface area contributed by atoms with Crippen molar-refractivity contribution in [3.8, 4) is 0 Å². The molecule has 3 rings (SSSR count). The maximum atomic E-state index is 12.9. The van der Waals surface area contributed by atoms with Gasteiger partial charge in [0.15, 0.2) is 0 Å². The molecule has 2 aliphatic heterocycles. The largest absolute Gasteiger partial charge is 0.460 e. The molecule has 0 spiro atoms. The number of esters is 1. The molecular weight excluding hydrogens is 402 g/mol. The number of pyridine rings is 1. The Morgan fingerprint density at radius 1 is 1.27 bits per heavy atom. The van der Waals surface area contributed by atoms with Crippen molar-refractivity contribution in [2.45, 2.75) is 69.5 Å². The molecule has 1 atom stereocenters. The molecule has 0 unspecified atom stereocenters. The van der Waals surface area contributed by atoms with Crippen LogP contribution in [0.4, 0.5) is 5.82 Å². The number of thioether (sulfide) groups is 1. The fourth-order valence-corrected chi connectivity index (χ4v) is 4.58. The van der Waals surface area contributed by atoms with Crippen LogP contribution in [0.2, 0.25) is 0 Å². The van der Waals surface area contributed by atoms with E-state index >= 15 is 0 Å². The Balaban J connectivity index is 1.72. The lowest BCUT2D eigenvalue weighted by Crippen LogP contribution is -2.41. The molecule has 3 heterocycles. The van der Waals surface area contributed by atoms with Crippen molar-refractivity contribution in [1.82, 2.24) is 10.3 Å². The first-order chi connectivity index (χ1) is 14.6. The lowest BCUT2D eigenvalue weighted by atomic mass is 10.1. The second-order valence-corrected chi connectivity index (χ2v) is 8.87. The summed E-state index contributed by atoms with van der Waals surface area (Å²) in [6.07, 6.45) is 4.83. The van der Waals surface area contributed by atoms with E-state index in [0.717, 1.165) is 55.2 Å². The van der Waals surface area contributed by atoms with E-state index in [1.807, 2.05) is 19.1 Å². The van der Waals surface area contributed by atoms with Crippen LogP contribution in [0.1, 0.15) is 62.7 Å². The topological polar surface area (TPSA) is 80.8 Å². The average Bonchev–Trinajstić information content (AvgIpc) is 2.78. The Hall–Kier alpha value is -1.80. The fraction of sp³-hybridized carbons (Fsp3) is 0.682. The summed E-state index contributed by atoms with van der Waals surface area (Å²) in [4.78, 5) is 31.6. The number of carbonyl (C=O) groups is 2. The molecule has 30 heavy (non-hydrogen) atoms. The molecule has 8 heteroatoms. The maximum absolute atomic E-state index is 12.9. The van der Waals surface area contributed by atoms with Crippen LogP contribution in [-0.2, 0) is 14.3 Å². The summed E-state index contributed by atoms with van der Waals surface area (Å²) in [5.74, 6) is 1.53. The zero-order chi connectivity index (χ0) is 21.3. The first-order valence-electron chi connectivity index (χ1n) is 11.1. The molecule has 0 saturated carbocycles. The second kappa shape index (κ2) is 11.6. The van der Waals surface area contributed by atoms with Crippen LogP contribution >= 0.6 is 11.8 Å². The van der Waals surface area contributed by atoms with Crippen LogP contribution < -0.4 is 10.2 Å². The van der Waals surface area contributed by atoms with Gasteiger partial charge in [0.05, 0.1) is 12.1 Å². The van der Waals surface area contributed by atoms with Crippen molar-refractivity contribution in [3.05, 3.63) is 17.7 Å². The number of hydrogen-bond acceptors (Lipinski definition) is 7. The van der Waals surface area contributed by atoms with Gasteiger partial charge in [-0.05, 0) is 50.0 Å². The van der Waals surface area contributed by atoms with Crippen molar-refractivity contribution in [2.24, 2.45) is 0 Å². The Labute approximate surface area is 183 Å². The highest BCUT2D eigenvalue weighted by Crippen LogP contribution is 2.27. The molecule has 166 valence electrons. The van der Waals surface area contributed by atoms with E-state index in [2.05, 4.69) is 17.1 Å². The smallest absolute Gasteiger partial charge is 0.305 e. The summed E-state index contributed by atoms with van der Waals surface area (Å²) < 4.78 is 10.9. The van der Waals surface area contributed by atoms with Crippen LogP contribution in [0, 0.1) is 0 Å². The summed E-state index contributed by atoms with van der Waals surface area (Å²) in [7, 11) is 0. The number of nitrogens with one attached hydrogen (secondary N) is 1. The molecule has 7 nitrogen and oxygen atoms in total. The van der Waals surface area contributed by atoms with Crippen LogP contribution in [0.25, 0.3) is 0 Å². The summed E-state index contributed by atoms with van der Waals surface area (Å²) in [6, 6.07) is 3.96. The molecule has 1 N–H and O–H groups in total. The highest BCUT2D eigenvalue weighted by Gasteiger charge is 2.25. The number of aromatic nitrogens is 1. The first kappa shape index (κ1) is 22.9. The van der Waals surface area contributed by atoms with Crippen molar-refractivity contribution in [3.63, 3.8) is 0 Å². The van der Waals surface area contributed by atoms with Gasteiger partial charge in [-0.2, -0.15) is 0 Å². The zero-order valence-electron chi connectivity index (χ0n) is 18.0. The quantitative estimate of drug-likeness (QED) is 0.495. The lowest BCUT2D eigenvalue weighted by molar-refractivity contribution is -0.149. The number of hydrogen-bond donors (Lipinski definition) is 1. The first-order valence-corrected chi connectivity index (χ1v) is 12.1. The van der Waals surface area contributed by atoms with Gasteiger partial charge >= 0.3 is 5.97 Å². The van der Waals surface area contributed by atoms with Gasteiger partial charge in [-0.15, -0.1) is 11.8 Å². The van der Waals surface area contributed by atoms with Gasteiger partial charge in [-0.25, -0.2) is 4.98 Å². The van der Waals surface area contributed by atoms with E-state index in [4.69, 9.17) is 14.5 Å². The minimum absolute atomic E-state index is 0.0621. The highest BCUT2D eigenvalue weighted by molar-refractivity contribution is 7.99. The summed E-state index contributed by atoms with van der Waals surface area (Å²) in [5.41, 5.74) is 0.634. The van der Waals surface area contributed by atoms with Gasteiger partial charge < -0.3 is 19.7 Å². The Kier molecular flexibility index (Phi) is 8.81. The molecule has 0 radical (unpaired) electrons. The summed E-state index contributed by atoms with van der Waals surface area (Å²) in [5, 5.41) is 3.91. The third-order valence-corrected chi connectivity index (χ3v) is 6.58. The predicted octanol–water partition coefficient (Wildman–Crippen LogP) is 3.41. The molecule has 0 aromatic carbocycles. The molecule has 1 aromatic heterocycles. The number of piperidine rings is 1. The minimum atomic E-state index is -0.158. The third-order valence-electron chi connectivity index (χ3n) is 5.38. The van der Waals surface area contributed by atoms with Gasteiger partial charge in [0.2, 0.25) is 0 Å². The van der Waals surface area contributed by atoms with E-state index < -0.39 is 0 Å². The van der Waals surface area contributed by atoms with Crippen LogP contribution in [0.5, 0.6) is 0 Å². The molecule has 1 aromatic rings. The van der Waals surface area contributed by atoms with Gasteiger partial charge in [-0.3, -0.25) is 9.59 Å². The highest BCUT2D eigenvalue weighted by atomic mass is 32.2. The minimum Gasteiger partial charge on any atom is -0.460 e. The van der Waals surface area contributed by atoms with Crippen LogP contribution in [0.15, 0.2) is 17.2 Å². The van der Waals surface area contributed by atoms with Crippen molar-refractivity contribution in [1.29, 1.82) is 0 Å². The monoisotopic (exact) mass is 435 g/mol. The standard InChI is InChI=1S/C22H33N3O4S/c1-3-14-30-22-18(21(27)23-16-9-12-28-13-10-16)7-8-19(24-22)25-11-5-6-17(15-25)29-20(26)4-2/h7-8,16-17H,3-6,9-15H2,1-2H3,(H,23,27)/t17-/m0/s1. The van der Waals surface area contributed by atoms with E-state index in [1.165, 1.54) is 0 Å². The second-order valence-electron chi connectivity index (χ2n) is 7.78. The van der Waals surface area contributed by atoms with E-state index in [1.54, 1.807) is 11.8 Å². The van der Waals surface area contributed by atoms with Crippen molar-refractivity contribution in [2.75, 3.05) is 37.0 Å². The molecule has 0 bridgehead atoms. The molecule has 2 saturated heterocycles. The molecule has 2 aliphatic rings. The maximum Gasteiger partial charge on any atom is 0.305 e. The molecule has 0 aliphatic carbocycles. The van der Waals surface area contributed by atoms with Crippen LogP contribution in [-0.4, -0.2) is 61.1 Å². The molecular formula is C22H33N3O4S. The van der Waals surface area contributed by atoms with E-state index in [0.29, 0.717) is 31.7 Å².